The molecule has 0 atom stereocenters. The number of hydrogen-bond donors (Lipinski definition) is 1. The van der Waals surface area contributed by atoms with Crippen molar-refractivity contribution in [3.63, 3.8) is 0 Å². The zero-order valence-electron chi connectivity index (χ0n) is 14.7. The SMILES string of the molecule is CCOCCCNC(=O)c1ccc(N2C(=O)C(C)(C)CS2(=O)=O)cc1. The monoisotopic (exact) mass is 368 g/mol. The van der Waals surface area contributed by atoms with Crippen LogP contribution in [-0.2, 0) is 19.6 Å². The van der Waals surface area contributed by atoms with Crippen LogP contribution >= 0.6 is 0 Å². The number of nitrogens with one attached hydrogen (secondary N) is 1. The summed E-state index contributed by atoms with van der Waals surface area (Å²) >= 11 is 0. The van der Waals surface area contributed by atoms with E-state index >= 15 is 0 Å². The van der Waals surface area contributed by atoms with E-state index in [1.54, 1.807) is 13.8 Å². The number of benzene rings is 1. The molecule has 0 saturated carbocycles. The largest absolute Gasteiger partial charge is 0.382 e. The van der Waals surface area contributed by atoms with Gasteiger partial charge in [-0.25, -0.2) is 12.7 Å². The van der Waals surface area contributed by atoms with Gasteiger partial charge in [0.2, 0.25) is 15.9 Å². The number of nitrogens with zero attached hydrogens (tertiary/aromatic N) is 1. The summed E-state index contributed by atoms with van der Waals surface area (Å²) in [6, 6.07) is 5.99. The fourth-order valence-electron chi connectivity index (χ4n) is 2.63. The van der Waals surface area contributed by atoms with Crippen molar-refractivity contribution in [3.05, 3.63) is 29.8 Å². The van der Waals surface area contributed by atoms with Crippen molar-refractivity contribution in [2.75, 3.05) is 29.8 Å². The molecule has 0 spiro atoms. The van der Waals surface area contributed by atoms with Crippen LogP contribution in [0.4, 0.5) is 5.69 Å². The number of sulfonamides is 1. The second-order valence-corrected chi connectivity index (χ2v) is 8.38. The van der Waals surface area contributed by atoms with Crippen molar-refractivity contribution in [1.82, 2.24) is 5.32 Å². The number of hydrogen-bond acceptors (Lipinski definition) is 5. The van der Waals surface area contributed by atoms with Crippen LogP contribution < -0.4 is 9.62 Å². The molecule has 0 bridgehead atoms. The molecule has 138 valence electrons. The van der Waals surface area contributed by atoms with Gasteiger partial charge in [0.15, 0.2) is 0 Å². The molecule has 1 N–H and O–H groups in total. The van der Waals surface area contributed by atoms with Crippen molar-refractivity contribution in [2.24, 2.45) is 5.41 Å². The van der Waals surface area contributed by atoms with Gasteiger partial charge < -0.3 is 10.1 Å². The summed E-state index contributed by atoms with van der Waals surface area (Å²) in [5.41, 5.74) is -0.290. The minimum Gasteiger partial charge on any atom is -0.382 e. The summed E-state index contributed by atoms with van der Waals surface area (Å²) in [4.78, 5) is 24.4. The third-order valence-electron chi connectivity index (χ3n) is 3.90. The van der Waals surface area contributed by atoms with E-state index in [1.165, 1.54) is 24.3 Å². The Balaban J connectivity index is 2.05. The van der Waals surface area contributed by atoms with Gasteiger partial charge in [0, 0.05) is 25.3 Å². The predicted octanol–water partition coefficient (Wildman–Crippen LogP) is 1.55. The first-order valence-corrected chi connectivity index (χ1v) is 9.83. The minimum atomic E-state index is -3.68. The van der Waals surface area contributed by atoms with E-state index in [2.05, 4.69) is 5.32 Å². The van der Waals surface area contributed by atoms with Crippen LogP contribution in [0.2, 0.25) is 0 Å². The highest BCUT2D eigenvalue weighted by Gasteiger charge is 2.49. The maximum atomic E-state index is 12.3. The van der Waals surface area contributed by atoms with Crippen molar-refractivity contribution < 1.29 is 22.7 Å². The molecule has 1 aliphatic heterocycles. The smallest absolute Gasteiger partial charge is 0.251 e. The van der Waals surface area contributed by atoms with E-state index in [1.807, 2.05) is 6.92 Å². The second kappa shape index (κ2) is 7.53. The van der Waals surface area contributed by atoms with Crippen LogP contribution in [0.5, 0.6) is 0 Å². The molecule has 0 radical (unpaired) electrons. The van der Waals surface area contributed by atoms with Gasteiger partial charge in [0.05, 0.1) is 16.9 Å². The highest BCUT2D eigenvalue weighted by molar-refractivity contribution is 7.94. The molecular weight excluding hydrogens is 344 g/mol. The van der Waals surface area contributed by atoms with Gasteiger partial charge >= 0.3 is 0 Å². The summed E-state index contributed by atoms with van der Waals surface area (Å²) in [7, 11) is -3.68. The number of carbonyl (C=O) groups is 2. The fourth-order valence-corrected chi connectivity index (χ4v) is 4.74. The molecule has 1 aliphatic rings. The number of rotatable bonds is 7. The summed E-state index contributed by atoms with van der Waals surface area (Å²) < 4.78 is 30.5. The molecule has 1 aromatic rings. The summed E-state index contributed by atoms with van der Waals surface area (Å²) in [5.74, 6) is -0.930. The molecule has 0 unspecified atom stereocenters. The Labute approximate surface area is 148 Å². The van der Waals surface area contributed by atoms with E-state index in [9.17, 15) is 18.0 Å². The molecule has 2 amide bonds. The molecule has 2 rings (SSSR count). The summed E-state index contributed by atoms with van der Waals surface area (Å²) in [6.45, 7) is 6.85. The Morgan fingerprint density at radius 1 is 1.28 bits per heavy atom. The maximum Gasteiger partial charge on any atom is 0.251 e. The van der Waals surface area contributed by atoms with Gasteiger partial charge in [0.1, 0.15) is 0 Å². The lowest BCUT2D eigenvalue weighted by molar-refractivity contribution is -0.123. The van der Waals surface area contributed by atoms with Crippen LogP contribution in [0, 0.1) is 5.41 Å². The van der Waals surface area contributed by atoms with Gasteiger partial charge in [-0.2, -0.15) is 0 Å². The van der Waals surface area contributed by atoms with E-state index < -0.39 is 21.3 Å². The zero-order valence-corrected chi connectivity index (χ0v) is 15.6. The van der Waals surface area contributed by atoms with Crippen LogP contribution in [-0.4, -0.2) is 45.7 Å². The van der Waals surface area contributed by atoms with Gasteiger partial charge in [-0.15, -0.1) is 0 Å². The maximum absolute atomic E-state index is 12.3. The molecule has 1 fully saturated rings. The third kappa shape index (κ3) is 4.38. The Bertz CT molecular complexity index is 741. The lowest BCUT2D eigenvalue weighted by Gasteiger charge is -2.17. The molecule has 1 aromatic carbocycles. The standard InChI is InChI=1S/C17H24N2O5S/c1-4-24-11-5-10-18-15(20)13-6-8-14(9-7-13)19-16(21)17(2,3)12-25(19,22)23/h6-9H,4-5,10-12H2,1-3H3,(H,18,20). The molecular formula is C17H24N2O5S. The Kier molecular flexibility index (Phi) is 5.84. The third-order valence-corrected chi connectivity index (χ3v) is 5.92. The quantitative estimate of drug-likeness (QED) is 0.737. The summed E-state index contributed by atoms with van der Waals surface area (Å²) in [5, 5.41) is 2.77. The van der Waals surface area contributed by atoms with Crippen molar-refractivity contribution in [2.45, 2.75) is 27.2 Å². The van der Waals surface area contributed by atoms with Crippen molar-refractivity contribution >= 4 is 27.5 Å². The van der Waals surface area contributed by atoms with Crippen molar-refractivity contribution in [3.8, 4) is 0 Å². The topological polar surface area (TPSA) is 92.8 Å². The van der Waals surface area contributed by atoms with Crippen LogP contribution in [0.15, 0.2) is 24.3 Å². The molecule has 0 aromatic heterocycles. The summed E-state index contributed by atoms with van der Waals surface area (Å²) in [6.07, 6.45) is 0.716. The van der Waals surface area contributed by atoms with Gasteiger partial charge in [-0.3, -0.25) is 9.59 Å². The van der Waals surface area contributed by atoms with Gasteiger partial charge in [0.25, 0.3) is 5.91 Å². The first-order chi connectivity index (χ1) is 11.7. The van der Waals surface area contributed by atoms with Crippen molar-refractivity contribution in [1.29, 1.82) is 0 Å². The molecule has 25 heavy (non-hydrogen) atoms. The fraction of sp³-hybridized carbons (Fsp3) is 0.529. The van der Waals surface area contributed by atoms with Crippen LogP contribution in [0.3, 0.4) is 0 Å². The zero-order chi connectivity index (χ0) is 18.7. The highest BCUT2D eigenvalue weighted by atomic mass is 32.2. The van der Waals surface area contributed by atoms with Gasteiger partial charge in [-0.05, 0) is 51.5 Å². The van der Waals surface area contributed by atoms with Crippen LogP contribution in [0.25, 0.3) is 0 Å². The number of ether oxygens (including phenoxy) is 1. The van der Waals surface area contributed by atoms with Crippen LogP contribution in [0.1, 0.15) is 37.6 Å². The van der Waals surface area contributed by atoms with Gasteiger partial charge in [-0.1, -0.05) is 0 Å². The Morgan fingerprint density at radius 3 is 2.44 bits per heavy atom. The second-order valence-electron chi connectivity index (χ2n) is 6.56. The van der Waals surface area contributed by atoms with E-state index in [0.717, 1.165) is 4.31 Å². The molecule has 0 aliphatic carbocycles. The lowest BCUT2D eigenvalue weighted by atomic mass is 9.95. The highest BCUT2D eigenvalue weighted by Crippen LogP contribution is 2.35. The predicted molar refractivity (Wildman–Crippen MR) is 94.9 cm³/mol. The lowest BCUT2D eigenvalue weighted by Crippen LogP contribution is -2.33. The average Bonchev–Trinajstić information content (AvgIpc) is 2.70. The minimum absolute atomic E-state index is 0.221. The average molecular weight is 368 g/mol. The Hall–Kier alpha value is -1.93. The molecule has 8 heteroatoms. The molecule has 1 saturated heterocycles. The molecule has 7 nitrogen and oxygen atoms in total. The number of anilines is 1. The first kappa shape index (κ1) is 19.4. The number of amides is 2. The van der Waals surface area contributed by atoms with E-state index in [4.69, 9.17) is 4.74 Å². The Morgan fingerprint density at radius 2 is 1.92 bits per heavy atom. The van der Waals surface area contributed by atoms with E-state index in [0.29, 0.717) is 31.7 Å². The van der Waals surface area contributed by atoms with E-state index in [-0.39, 0.29) is 17.3 Å². The first-order valence-electron chi connectivity index (χ1n) is 8.22. The number of carbonyl (C=O) groups excluding carboxylic acids is 2. The molecule has 1 heterocycles. The normalized spacial score (nSPS) is 18.4.